The van der Waals surface area contributed by atoms with E-state index in [-0.39, 0.29) is 29.0 Å². The van der Waals surface area contributed by atoms with Crippen LogP contribution < -0.4 is 5.73 Å². The smallest absolute Gasteiger partial charge is 0.462 e. The normalized spacial score (nSPS) is 27.5. The number of aliphatic hydroxyl groups is 2. The number of hydrogen-bond acceptors (Lipinski definition) is 22. The third-order valence-electron chi connectivity index (χ3n) is 9.47. The zero-order valence-corrected chi connectivity index (χ0v) is 37.0. The molecule has 0 amide bonds. The summed E-state index contributed by atoms with van der Waals surface area (Å²) in [6.07, 6.45) is -9.16. The number of nitrogen functional groups attached to an aromatic ring is 1. The van der Waals surface area contributed by atoms with Crippen LogP contribution >= 0.6 is 14.5 Å². The Morgan fingerprint density at radius 1 is 0.887 bits per heavy atom. The van der Waals surface area contributed by atoms with Gasteiger partial charge >= 0.3 is 38.4 Å². The van der Waals surface area contributed by atoms with Crippen molar-refractivity contribution >= 4 is 67.1 Å². The number of esters is 4. The Bertz CT molecular complexity index is 1930. The molecule has 4 rings (SSSR count). The predicted molar refractivity (Wildman–Crippen MR) is 211 cm³/mol. The quantitative estimate of drug-likeness (QED) is 0.0437. The molecule has 0 bridgehead atoms. The van der Waals surface area contributed by atoms with Crippen LogP contribution in [-0.4, -0.2) is 127 Å². The lowest BCUT2D eigenvalue weighted by Gasteiger charge is -2.45. The SMILES string of the molecule is CCCCCCCCCCCC(=O)OC[C@H](F)[C@H]1O[C@@H](OP(=O)(O)OP(O)(=S)OC[C@H]2O[C@@H](c3noc4c(N)ncnc34)[C@H](O)[C@@H]2O)[C@@H](OC(C)=O)[C@@H](OC(C)=O)[C@@H]1OC(C)=O. The lowest BCUT2D eigenvalue weighted by Crippen LogP contribution is -2.64. The molecule has 2 aliphatic heterocycles. The van der Waals surface area contributed by atoms with Gasteiger partial charge < -0.3 is 63.2 Å². The number of phosphoric ester groups is 1. The number of hydrogen-bond donors (Lipinski definition) is 5. The van der Waals surface area contributed by atoms with Crippen LogP contribution in [0.1, 0.15) is 104 Å². The first-order valence-corrected chi connectivity index (χ1v) is 23.9. The van der Waals surface area contributed by atoms with Crippen LogP contribution in [0.3, 0.4) is 0 Å². The summed E-state index contributed by atoms with van der Waals surface area (Å²) in [5, 5.41) is 25.2. The van der Waals surface area contributed by atoms with Crippen LogP contribution in [0.2, 0.25) is 0 Å². The Morgan fingerprint density at radius 2 is 1.48 bits per heavy atom. The van der Waals surface area contributed by atoms with Crippen molar-refractivity contribution in [3.05, 3.63) is 12.0 Å². The van der Waals surface area contributed by atoms with Gasteiger partial charge in [-0.05, 0) is 18.2 Å². The van der Waals surface area contributed by atoms with Gasteiger partial charge in [-0.2, -0.15) is 0 Å². The van der Waals surface area contributed by atoms with E-state index in [1.165, 1.54) is 12.8 Å². The van der Waals surface area contributed by atoms with Crippen LogP contribution in [0.15, 0.2) is 10.9 Å². The van der Waals surface area contributed by atoms with E-state index in [4.69, 9.17) is 63.8 Å². The molecule has 0 radical (unpaired) electrons. The van der Waals surface area contributed by atoms with Gasteiger partial charge in [0.2, 0.25) is 11.9 Å². The second-order valence-electron chi connectivity index (χ2n) is 14.5. The summed E-state index contributed by atoms with van der Waals surface area (Å²) >= 11 is 4.88. The molecule has 0 spiro atoms. The van der Waals surface area contributed by atoms with E-state index < -0.39 is 113 Å². The van der Waals surface area contributed by atoms with E-state index >= 15 is 4.39 Å². The van der Waals surface area contributed by atoms with E-state index in [2.05, 4.69) is 22.0 Å². The summed E-state index contributed by atoms with van der Waals surface area (Å²) < 4.78 is 81.6. The fourth-order valence-corrected chi connectivity index (χ4v) is 9.76. The van der Waals surface area contributed by atoms with Gasteiger partial charge in [0.1, 0.15) is 54.7 Å². The fraction of sp³-hybridized carbons (Fsp3) is 0.743. The zero-order chi connectivity index (χ0) is 45.8. The maximum atomic E-state index is 16.1. The minimum atomic E-state index is -5.76. The summed E-state index contributed by atoms with van der Waals surface area (Å²) in [5.41, 5.74) is 5.71. The number of unbranched alkanes of at least 4 members (excludes halogenated alkanes) is 8. The number of aromatic nitrogens is 3. The lowest BCUT2D eigenvalue weighted by molar-refractivity contribution is -0.296. The number of ether oxygens (including phenoxy) is 6. The molecule has 23 nitrogen and oxygen atoms in total. The molecule has 0 aliphatic carbocycles. The highest BCUT2D eigenvalue weighted by molar-refractivity contribution is 8.08. The van der Waals surface area contributed by atoms with Gasteiger partial charge in [0.05, 0.1) is 6.61 Å². The summed E-state index contributed by atoms with van der Waals surface area (Å²) in [6, 6.07) is 0. The molecule has 350 valence electrons. The van der Waals surface area contributed by atoms with Gasteiger partial charge in [0.15, 0.2) is 30.3 Å². The minimum absolute atomic E-state index is 0.0270. The van der Waals surface area contributed by atoms with Gasteiger partial charge in [-0.15, -0.1) is 0 Å². The van der Waals surface area contributed by atoms with Gasteiger partial charge in [-0.25, -0.2) is 23.2 Å². The molecule has 2 aromatic heterocycles. The monoisotopic (exact) mass is 946 g/mol. The number of alkyl halides is 1. The molecule has 27 heteroatoms. The molecule has 2 saturated heterocycles. The molecule has 0 aromatic carbocycles. The number of carbonyl (C=O) groups excluding carboxylic acids is 4. The number of fused-ring (bicyclic) bond motifs is 1. The van der Waals surface area contributed by atoms with Crippen molar-refractivity contribution in [2.24, 2.45) is 0 Å². The number of carbonyl (C=O) groups is 4. The molecule has 6 N–H and O–H groups in total. The Kier molecular flexibility index (Phi) is 19.5. The van der Waals surface area contributed by atoms with Crippen molar-refractivity contribution in [1.29, 1.82) is 0 Å². The lowest BCUT2D eigenvalue weighted by atomic mass is 9.95. The maximum Gasteiger partial charge on any atom is 0.481 e. The molecule has 12 atom stereocenters. The Hall–Kier alpha value is -3.32. The van der Waals surface area contributed by atoms with Crippen LogP contribution in [0.5, 0.6) is 0 Å². The number of halogens is 1. The molecular formula is C35H53FN4O19P2S. The van der Waals surface area contributed by atoms with E-state index in [0.29, 0.717) is 6.42 Å². The van der Waals surface area contributed by atoms with Gasteiger partial charge in [0, 0.05) is 27.2 Å². The number of nitrogens with zero attached hydrogens (tertiary/aromatic N) is 3. The molecule has 4 heterocycles. The van der Waals surface area contributed by atoms with Crippen molar-refractivity contribution in [2.45, 2.75) is 153 Å². The first-order valence-electron chi connectivity index (χ1n) is 19.8. The van der Waals surface area contributed by atoms with Crippen molar-refractivity contribution in [3.63, 3.8) is 0 Å². The van der Waals surface area contributed by atoms with Crippen molar-refractivity contribution < 1.29 is 94.4 Å². The molecule has 2 aromatic rings. The van der Waals surface area contributed by atoms with Crippen LogP contribution in [0.25, 0.3) is 11.1 Å². The Balaban J connectivity index is 1.44. The van der Waals surface area contributed by atoms with Gasteiger partial charge in [-0.1, -0.05) is 63.4 Å². The van der Waals surface area contributed by atoms with Crippen LogP contribution in [-0.2, 0) is 77.3 Å². The summed E-state index contributed by atoms with van der Waals surface area (Å²) in [5.74, 6) is -4.06. The maximum absolute atomic E-state index is 16.1. The first kappa shape index (κ1) is 51.3. The van der Waals surface area contributed by atoms with Crippen LogP contribution in [0, 0.1) is 0 Å². The molecule has 62 heavy (non-hydrogen) atoms. The average Bonchev–Trinajstić information content (AvgIpc) is 3.73. The molecule has 0 saturated carbocycles. The van der Waals surface area contributed by atoms with Crippen molar-refractivity contribution in [3.8, 4) is 0 Å². The number of phosphoric acid groups is 1. The highest BCUT2D eigenvalue weighted by Gasteiger charge is 2.57. The zero-order valence-electron chi connectivity index (χ0n) is 34.3. The Labute approximate surface area is 360 Å². The second kappa shape index (κ2) is 23.6. The highest BCUT2D eigenvalue weighted by Crippen LogP contribution is 2.62. The summed E-state index contributed by atoms with van der Waals surface area (Å²) in [6.45, 7) is -1.91. The van der Waals surface area contributed by atoms with E-state index in [9.17, 15) is 43.7 Å². The molecular weight excluding hydrogens is 893 g/mol. The first-order chi connectivity index (χ1) is 29.2. The van der Waals surface area contributed by atoms with E-state index in [1.807, 2.05) is 0 Å². The molecule has 2 fully saturated rings. The van der Waals surface area contributed by atoms with Crippen LogP contribution in [0.4, 0.5) is 10.2 Å². The largest absolute Gasteiger partial charge is 0.481 e. The molecule has 2 aliphatic rings. The topological polar surface area (TPSA) is 327 Å². The third kappa shape index (κ3) is 14.9. The van der Waals surface area contributed by atoms with Gasteiger partial charge in [0.25, 0.3) is 0 Å². The van der Waals surface area contributed by atoms with Gasteiger partial charge in [-0.3, -0.25) is 23.7 Å². The fourth-order valence-electron chi connectivity index (χ4n) is 6.67. The second-order valence-corrected chi connectivity index (χ2v) is 18.9. The third-order valence-corrected chi connectivity index (χ3v) is 13.0. The predicted octanol–water partition coefficient (Wildman–Crippen LogP) is 3.05. The average molecular weight is 947 g/mol. The highest BCUT2D eigenvalue weighted by atomic mass is 32.5. The van der Waals surface area contributed by atoms with Crippen molar-refractivity contribution in [2.75, 3.05) is 18.9 Å². The number of aliphatic hydroxyl groups excluding tert-OH is 2. The minimum Gasteiger partial charge on any atom is -0.462 e. The molecule has 2 unspecified atom stereocenters. The van der Waals surface area contributed by atoms with E-state index in [0.717, 1.165) is 65.6 Å². The number of rotatable bonds is 24. The van der Waals surface area contributed by atoms with E-state index in [1.54, 1.807) is 0 Å². The van der Waals surface area contributed by atoms with Crippen molar-refractivity contribution in [1.82, 2.24) is 15.1 Å². The summed E-state index contributed by atoms with van der Waals surface area (Å²) in [7, 11) is -5.76. The number of nitrogens with two attached hydrogens (primary N) is 1. The Morgan fingerprint density at radius 3 is 2.11 bits per heavy atom. The summed E-state index contributed by atoms with van der Waals surface area (Å²) in [4.78, 5) is 78.5. The standard InChI is InChI=1S/C35H53FN4O19P2S/c1-5-6-7-8-9-10-11-12-13-14-23(44)50-15-21(36)28-31(52-18(2)41)32(53-19(3)42)33(54-20(4)43)35(56-28)58-60(47,48)59-61(49,62)51-16-22-26(45)27(46)29(55-22)25-24-30(57-40-25)34(37)39-17-38-24/h17,21-22,26-29,31-33,35,45-46H,5-16H2,1-4H3,(H,47,48)(H,49,62)(H2,37,38,39)/t21-,22+,26+,27+,28+,29-,31+,32-,33-,35-,61?/m0/s1. The number of anilines is 1.